The molecule has 6 heteroatoms. The molecule has 18 heavy (non-hydrogen) atoms. The number of carbonyl (C=O) groups is 1. The molecular formula is C12H16F2N2O2. The lowest BCUT2D eigenvalue weighted by atomic mass is 10.1. The van der Waals surface area contributed by atoms with Crippen molar-refractivity contribution in [3.8, 4) is 0 Å². The largest absolute Gasteiger partial charge is 0.480 e. The van der Waals surface area contributed by atoms with Crippen LogP contribution < -0.4 is 5.73 Å². The van der Waals surface area contributed by atoms with Gasteiger partial charge in [-0.05, 0) is 31.2 Å². The third-order valence-electron chi connectivity index (χ3n) is 2.59. The molecule has 1 unspecified atom stereocenters. The lowest BCUT2D eigenvalue weighted by Crippen LogP contribution is -2.41. The second kappa shape index (κ2) is 6.42. The van der Waals surface area contributed by atoms with Gasteiger partial charge in [0, 0.05) is 13.1 Å². The van der Waals surface area contributed by atoms with Crippen LogP contribution in [-0.2, 0) is 11.2 Å². The summed E-state index contributed by atoms with van der Waals surface area (Å²) in [6, 6.07) is 2.78. The quantitative estimate of drug-likeness (QED) is 0.794. The zero-order chi connectivity index (χ0) is 13.7. The summed E-state index contributed by atoms with van der Waals surface area (Å²) in [6.45, 7) is 0.727. The predicted octanol–water partition coefficient (Wildman–Crippen LogP) is 0.851. The molecule has 100 valence electrons. The molecule has 0 radical (unpaired) electrons. The van der Waals surface area contributed by atoms with Crippen molar-refractivity contribution in [2.75, 3.05) is 20.1 Å². The van der Waals surface area contributed by atoms with Crippen molar-refractivity contribution in [2.45, 2.75) is 12.5 Å². The van der Waals surface area contributed by atoms with E-state index in [1.165, 1.54) is 6.07 Å². The van der Waals surface area contributed by atoms with E-state index in [4.69, 9.17) is 10.8 Å². The Labute approximate surface area is 104 Å². The van der Waals surface area contributed by atoms with Crippen LogP contribution in [0.5, 0.6) is 0 Å². The first kappa shape index (κ1) is 14.5. The highest BCUT2D eigenvalue weighted by molar-refractivity contribution is 5.73. The van der Waals surface area contributed by atoms with Crippen molar-refractivity contribution in [1.29, 1.82) is 0 Å². The summed E-state index contributed by atoms with van der Waals surface area (Å²) < 4.78 is 25.6. The van der Waals surface area contributed by atoms with Gasteiger partial charge in [-0.1, -0.05) is 6.07 Å². The Hall–Kier alpha value is -1.53. The van der Waals surface area contributed by atoms with E-state index in [-0.39, 0.29) is 6.54 Å². The molecule has 0 amide bonds. The van der Waals surface area contributed by atoms with E-state index in [1.54, 1.807) is 11.9 Å². The average Bonchev–Trinajstić information content (AvgIpc) is 2.30. The van der Waals surface area contributed by atoms with Crippen LogP contribution in [0.4, 0.5) is 8.78 Å². The van der Waals surface area contributed by atoms with Crippen molar-refractivity contribution >= 4 is 5.97 Å². The molecule has 1 rings (SSSR count). The van der Waals surface area contributed by atoms with E-state index in [0.717, 1.165) is 12.1 Å². The molecule has 0 saturated carbocycles. The summed E-state index contributed by atoms with van der Waals surface area (Å²) in [6.07, 6.45) is 0.500. The van der Waals surface area contributed by atoms with Crippen molar-refractivity contribution < 1.29 is 18.7 Å². The van der Waals surface area contributed by atoms with Crippen LogP contribution >= 0.6 is 0 Å². The van der Waals surface area contributed by atoms with Gasteiger partial charge in [0.15, 0.2) is 11.6 Å². The molecule has 0 heterocycles. The molecule has 0 spiro atoms. The zero-order valence-electron chi connectivity index (χ0n) is 10.1. The fourth-order valence-corrected chi connectivity index (χ4v) is 1.52. The van der Waals surface area contributed by atoms with Crippen molar-refractivity contribution in [2.24, 2.45) is 5.73 Å². The molecule has 3 N–H and O–H groups in total. The number of halogens is 2. The number of nitrogens with two attached hydrogens (primary N) is 1. The molecule has 0 saturated heterocycles. The maximum atomic E-state index is 12.9. The summed E-state index contributed by atoms with van der Waals surface area (Å²) in [5, 5.41) is 8.64. The van der Waals surface area contributed by atoms with Gasteiger partial charge >= 0.3 is 5.97 Å². The van der Waals surface area contributed by atoms with Crippen LogP contribution in [-0.4, -0.2) is 42.2 Å². The Kier molecular flexibility index (Phi) is 5.18. The summed E-state index contributed by atoms with van der Waals surface area (Å²) >= 11 is 0. The maximum absolute atomic E-state index is 12.9. The van der Waals surface area contributed by atoms with Gasteiger partial charge < -0.3 is 15.7 Å². The van der Waals surface area contributed by atoms with Crippen LogP contribution in [0.2, 0.25) is 0 Å². The van der Waals surface area contributed by atoms with Crippen LogP contribution in [0.1, 0.15) is 5.56 Å². The third-order valence-corrected chi connectivity index (χ3v) is 2.59. The Morgan fingerprint density at radius 1 is 1.44 bits per heavy atom. The molecule has 1 atom stereocenters. The van der Waals surface area contributed by atoms with Crippen LogP contribution in [0.15, 0.2) is 18.2 Å². The predicted molar refractivity (Wildman–Crippen MR) is 63.2 cm³/mol. The number of hydrogen-bond donors (Lipinski definition) is 2. The number of aliphatic carboxylic acids is 1. The van der Waals surface area contributed by atoms with E-state index in [0.29, 0.717) is 18.5 Å². The van der Waals surface area contributed by atoms with Gasteiger partial charge in [0.25, 0.3) is 0 Å². The lowest BCUT2D eigenvalue weighted by molar-refractivity contribution is -0.138. The van der Waals surface area contributed by atoms with E-state index in [2.05, 4.69) is 0 Å². The number of rotatable bonds is 6. The second-order valence-corrected chi connectivity index (χ2v) is 4.21. The Balaban J connectivity index is 2.44. The monoisotopic (exact) mass is 258 g/mol. The number of nitrogens with zero attached hydrogens (tertiary/aromatic N) is 1. The zero-order valence-corrected chi connectivity index (χ0v) is 10.1. The minimum absolute atomic E-state index is 0.207. The minimum atomic E-state index is -1.06. The number of carboxylic acids is 1. The van der Waals surface area contributed by atoms with Crippen LogP contribution in [0, 0.1) is 11.6 Å². The molecule has 0 fully saturated rings. The Morgan fingerprint density at radius 3 is 2.67 bits per heavy atom. The topological polar surface area (TPSA) is 66.6 Å². The molecule has 0 aliphatic carbocycles. The fraction of sp³-hybridized carbons (Fsp3) is 0.417. The van der Waals surface area contributed by atoms with Crippen LogP contribution in [0.3, 0.4) is 0 Å². The van der Waals surface area contributed by atoms with E-state index in [1.807, 2.05) is 0 Å². The molecule has 1 aromatic rings. The molecule has 4 nitrogen and oxygen atoms in total. The fourth-order valence-electron chi connectivity index (χ4n) is 1.52. The average molecular weight is 258 g/mol. The number of benzene rings is 1. The summed E-state index contributed by atoms with van der Waals surface area (Å²) in [5.74, 6) is -2.81. The number of carboxylic acid groups (broad SMARTS) is 1. The van der Waals surface area contributed by atoms with Crippen molar-refractivity contribution in [1.82, 2.24) is 4.90 Å². The van der Waals surface area contributed by atoms with E-state index < -0.39 is 23.6 Å². The van der Waals surface area contributed by atoms with Crippen molar-refractivity contribution in [3.63, 3.8) is 0 Å². The SMILES string of the molecule is CN(CCc1ccc(F)c(F)c1)CC(N)C(=O)O. The summed E-state index contributed by atoms with van der Waals surface area (Å²) in [5.41, 5.74) is 6.04. The molecule has 1 aromatic carbocycles. The summed E-state index contributed by atoms with van der Waals surface area (Å²) in [4.78, 5) is 12.3. The first-order chi connectivity index (χ1) is 8.40. The normalized spacial score (nSPS) is 12.7. The van der Waals surface area contributed by atoms with Gasteiger partial charge in [-0.15, -0.1) is 0 Å². The Bertz CT molecular complexity index is 427. The smallest absolute Gasteiger partial charge is 0.321 e. The third kappa shape index (κ3) is 4.38. The highest BCUT2D eigenvalue weighted by Crippen LogP contribution is 2.09. The number of hydrogen-bond acceptors (Lipinski definition) is 3. The lowest BCUT2D eigenvalue weighted by Gasteiger charge is -2.18. The highest BCUT2D eigenvalue weighted by Gasteiger charge is 2.13. The molecule has 0 aromatic heterocycles. The first-order valence-corrected chi connectivity index (χ1v) is 5.51. The van der Waals surface area contributed by atoms with E-state index in [9.17, 15) is 13.6 Å². The Morgan fingerprint density at radius 2 is 2.11 bits per heavy atom. The van der Waals surface area contributed by atoms with Crippen LogP contribution in [0.25, 0.3) is 0 Å². The maximum Gasteiger partial charge on any atom is 0.321 e. The molecular weight excluding hydrogens is 242 g/mol. The standard InChI is InChI=1S/C12H16F2N2O2/c1-16(7-11(15)12(17)18)5-4-8-2-3-9(13)10(14)6-8/h2-3,6,11H,4-5,7,15H2,1H3,(H,17,18). The molecule has 0 aliphatic rings. The van der Waals surface area contributed by atoms with E-state index >= 15 is 0 Å². The number of likely N-dealkylation sites (N-methyl/N-ethyl adjacent to an activating group) is 1. The van der Waals surface area contributed by atoms with Gasteiger partial charge in [-0.2, -0.15) is 0 Å². The van der Waals surface area contributed by atoms with Gasteiger partial charge in [0.2, 0.25) is 0 Å². The van der Waals surface area contributed by atoms with Gasteiger partial charge in [-0.3, -0.25) is 4.79 Å². The summed E-state index contributed by atoms with van der Waals surface area (Å²) in [7, 11) is 1.72. The van der Waals surface area contributed by atoms with Crippen molar-refractivity contribution in [3.05, 3.63) is 35.4 Å². The van der Waals surface area contributed by atoms with Gasteiger partial charge in [0.05, 0.1) is 0 Å². The minimum Gasteiger partial charge on any atom is -0.480 e. The van der Waals surface area contributed by atoms with Gasteiger partial charge in [-0.25, -0.2) is 8.78 Å². The highest BCUT2D eigenvalue weighted by atomic mass is 19.2. The first-order valence-electron chi connectivity index (χ1n) is 5.51. The second-order valence-electron chi connectivity index (χ2n) is 4.21. The van der Waals surface area contributed by atoms with Gasteiger partial charge in [0.1, 0.15) is 6.04 Å². The molecule has 0 bridgehead atoms. The molecule has 0 aliphatic heterocycles.